The number of unbranched alkanes of at least 4 members (excludes halogenated alkanes) is 3. The molecule has 3 amide bonds. The number of benzene rings is 3. The Morgan fingerprint density at radius 3 is 1.98 bits per heavy atom. The molecule has 3 aromatic rings. The first-order valence-electron chi connectivity index (χ1n) is 20.5. The van der Waals surface area contributed by atoms with E-state index < -0.39 is 76.7 Å². The summed E-state index contributed by atoms with van der Waals surface area (Å²) in [5, 5.41) is 11.2. The van der Waals surface area contributed by atoms with Crippen LogP contribution < -0.4 is 20.7 Å². The Morgan fingerprint density at radius 2 is 1.36 bits per heavy atom. The third-order valence-corrected chi connectivity index (χ3v) is 9.89. The molecule has 0 aliphatic rings. The van der Waals surface area contributed by atoms with Gasteiger partial charge < -0.3 is 25.4 Å². The number of amides is 3. The number of ether oxygens (including phenoxy) is 2. The van der Waals surface area contributed by atoms with Crippen molar-refractivity contribution in [2.24, 2.45) is 17.0 Å². The van der Waals surface area contributed by atoms with Gasteiger partial charge in [-0.3, -0.25) is 24.0 Å². The van der Waals surface area contributed by atoms with Crippen molar-refractivity contribution in [2.45, 2.75) is 97.1 Å². The Balaban J connectivity index is 1.78. The lowest BCUT2D eigenvalue weighted by Gasteiger charge is -2.23. The Morgan fingerprint density at radius 1 is 0.738 bits per heavy atom. The number of esters is 1. The molecule has 0 spiro atoms. The van der Waals surface area contributed by atoms with E-state index in [1.165, 1.54) is 0 Å². The highest BCUT2D eigenvalue weighted by molar-refractivity contribution is 5.95. The molecule has 0 aliphatic heterocycles. The Bertz CT molecular complexity index is 1920. The number of nitrogens with zero attached hydrogens (tertiary/aromatic N) is 3. The van der Waals surface area contributed by atoms with Crippen molar-refractivity contribution in [1.29, 1.82) is 0 Å². The molecule has 0 saturated heterocycles. The maximum atomic E-state index is 15.1. The average Bonchev–Trinajstić information content (AvgIpc) is 3.26. The molecule has 3 atom stereocenters. The lowest BCUT2D eigenvalue weighted by atomic mass is 9.94. The number of halogens is 4. The predicted octanol–water partition coefficient (Wildman–Crippen LogP) is 7.99. The Labute approximate surface area is 353 Å². The van der Waals surface area contributed by atoms with Gasteiger partial charge in [0.1, 0.15) is 18.8 Å². The van der Waals surface area contributed by atoms with Crippen molar-refractivity contribution < 1.29 is 51.0 Å². The zero-order valence-electron chi connectivity index (χ0n) is 34.5. The van der Waals surface area contributed by atoms with Gasteiger partial charge in [-0.15, -0.1) is 0 Å². The maximum absolute atomic E-state index is 15.1. The van der Waals surface area contributed by atoms with Gasteiger partial charge in [-0.2, -0.15) is 8.78 Å². The Kier molecular flexibility index (Phi) is 21.9. The first kappa shape index (κ1) is 49.4. The molecule has 13 nitrogen and oxygen atoms in total. The van der Waals surface area contributed by atoms with Crippen LogP contribution in [0.2, 0.25) is 0 Å². The molecule has 0 fully saturated rings. The largest absolute Gasteiger partial charge is 0.479 e. The second-order valence-corrected chi connectivity index (χ2v) is 14.5. The number of nitrogens with one attached hydrogen (secondary N) is 3. The molecule has 0 radical (unpaired) electrons. The number of azide groups is 1. The van der Waals surface area contributed by atoms with E-state index in [-0.39, 0.29) is 57.2 Å². The summed E-state index contributed by atoms with van der Waals surface area (Å²) in [6.45, 7) is 3.06. The third kappa shape index (κ3) is 16.5. The van der Waals surface area contributed by atoms with Gasteiger partial charge in [0.25, 0.3) is 5.91 Å². The van der Waals surface area contributed by atoms with Gasteiger partial charge in [0, 0.05) is 30.5 Å². The highest BCUT2D eigenvalue weighted by Gasteiger charge is 2.32. The van der Waals surface area contributed by atoms with Gasteiger partial charge in [-0.25, -0.2) is 8.78 Å². The van der Waals surface area contributed by atoms with Crippen molar-refractivity contribution in [3.63, 3.8) is 0 Å². The van der Waals surface area contributed by atoms with Crippen molar-refractivity contribution in [1.82, 2.24) is 16.0 Å². The van der Waals surface area contributed by atoms with Gasteiger partial charge in [-0.05, 0) is 68.0 Å². The molecule has 3 aromatic carbocycles. The van der Waals surface area contributed by atoms with Crippen LogP contribution in [0.1, 0.15) is 99.5 Å². The summed E-state index contributed by atoms with van der Waals surface area (Å²) < 4.78 is 70.6. The van der Waals surface area contributed by atoms with E-state index in [1.807, 2.05) is 13.0 Å². The molecule has 17 heteroatoms. The molecule has 0 heterocycles. The summed E-state index contributed by atoms with van der Waals surface area (Å²) in [5.74, 6) is -14.8. The second kappa shape index (κ2) is 27.0. The fourth-order valence-corrected chi connectivity index (χ4v) is 6.37. The topological polar surface area (TPSA) is 189 Å². The zero-order valence-corrected chi connectivity index (χ0v) is 34.5. The summed E-state index contributed by atoms with van der Waals surface area (Å²) in [6, 6.07) is 16.3. The monoisotopic (exact) mass is 854 g/mol. The molecular weight excluding hydrogens is 801 g/mol. The van der Waals surface area contributed by atoms with E-state index in [9.17, 15) is 32.8 Å². The second-order valence-electron chi connectivity index (χ2n) is 14.5. The lowest BCUT2D eigenvalue weighted by molar-refractivity contribution is -0.148. The van der Waals surface area contributed by atoms with Crippen molar-refractivity contribution in [3.05, 3.63) is 111 Å². The zero-order chi connectivity index (χ0) is 44.6. The lowest BCUT2D eigenvalue weighted by Crippen LogP contribution is -2.46. The van der Waals surface area contributed by atoms with E-state index in [4.69, 9.17) is 15.0 Å². The number of Topliss-reactive ketones (excluding diaryl/α,β-unsaturated/α-hetero) is 1. The van der Waals surface area contributed by atoms with Crippen LogP contribution in [-0.2, 0) is 36.9 Å². The predicted molar refractivity (Wildman–Crippen MR) is 219 cm³/mol. The van der Waals surface area contributed by atoms with Gasteiger partial charge in [-0.1, -0.05) is 92.5 Å². The van der Waals surface area contributed by atoms with Crippen LogP contribution in [0.15, 0.2) is 65.8 Å². The smallest absolute Gasteiger partial charge is 0.306 e. The minimum Gasteiger partial charge on any atom is -0.479 e. The normalized spacial score (nSPS) is 12.3. The SMILES string of the molecule is CCCCNC(=O)c1c(F)c(F)c(OCC(=O)[C@H](CCCCNC(=O)[C@@H](CC)CCCCN=[N+]=[N-])NC(=O)[C@@H](CC(=O)OCc2ccccc2)Cc2ccccc2)c(F)c1F. The number of rotatable bonds is 28. The first-order chi connectivity index (χ1) is 29.4. The molecular formula is C44H54F4N6O7. The van der Waals surface area contributed by atoms with Crippen molar-refractivity contribution in [3.8, 4) is 5.75 Å². The number of carbonyl (C=O) groups excluding carboxylic acids is 5. The fraction of sp³-hybridized carbons (Fsp3) is 0.477. The molecule has 0 saturated carbocycles. The third-order valence-electron chi connectivity index (χ3n) is 9.89. The highest BCUT2D eigenvalue weighted by atomic mass is 19.2. The van der Waals surface area contributed by atoms with Crippen LogP contribution in [0.25, 0.3) is 10.4 Å². The van der Waals surface area contributed by atoms with E-state index >= 15 is 8.78 Å². The fourth-order valence-electron chi connectivity index (χ4n) is 6.37. The van der Waals surface area contributed by atoms with Crippen LogP contribution in [0.3, 0.4) is 0 Å². The van der Waals surface area contributed by atoms with Gasteiger partial charge in [0.15, 0.2) is 23.2 Å². The van der Waals surface area contributed by atoms with Gasteiger partial charge in [0.2, 0.25) is 23.4 Å². The molecule has 3 N–H and O–H groups in total. The van der Waals surface area contributed by atoms with E-state index in [0.717, 1.165) is 5.56 Å². The van der Waals surface area contributed by atoms with Crippen LogP contribution >= 0.6 is 0 Å². The minimum atomic E-state index is -2.03. The standard InChI is InChI=1S/C44H54F4N6O7/c1-3-5-22-51-44(59)36-37(45)39(47)41(40(48)38(36)46)61-28-34(55)33(21-13-14-23-50-42(57)31(4-2)20-12-15-24-52-54-49)53-43(58)32(25-29-16-8-6-9-17-29)26-35(56)60-27-30-18-10-7-11-19-30/h6-11,16-19,31-33H,3-5,12-15,20-28H2,1-2H3,(H,50,57)(H,51,59)(H,53,58)/t31-,32+,33-/m0/s1. The summed E-state index contributed by atoms with van der Waals surface area (Å²) in [4.78, 5) is 68.5. The summed E-state index contributed by atoms with van der Waals surface area (Å²) in [6.07, 6.45) is 3.85. The minimum absolute atomic E-state index is 0.00524. The maximum Gasteiger partial charge on any atom is 0.306 e. The molecule has 3 rings (SSSR count). The molecule has 0 unspecified atom stereocenters. The molecule has 330 valence electrons. The van der Waals surface area contributed by atoms with Crippen LogP contribution in [0.5, 0.6) is 5.75 Å². The first-order valence-corrected chi connectivity index (χ1v) is 20.5. The highest BCUT2D eigenvalue weighted by Crippen LogP contribution is 2.30. The quantitative estimate of drug-likeness (QED) is 0.0126. The van der Waals surface area contributed by atoms with E-state index in [0.29, 0.717) is 57.1 Å². The molecule has 61 heavy (non-hydrogen) atoms. The molecule has 0 aromatic heterocycles. The number of ketones is 1. The van der Waals surface area contributed by atoms with Crippen LogP contribution in [0.4, 0.5) is 17.6 Å². The Hall–Kier alpha value is -5.96. The van der Waals surface area contributed by atoms with Crippen LogP contribution in [0, 0.1) is 35.1 Å². The van der Waals surface area contributed by atoms with Crippen molar-refractivity contribution in [2.75, 3.05) is 26.2 Å². The van der Waals surface area contributed by atoms with Gasteiger partial charge >= 0.3 is 5.97 Å². The number of hydrogen-bond acceptors (Lipinski definition) is 8. The molecule has 0 aliphatic carbocycles. The molecule has 0 bridgehead atoms. The number of hydrogen-bond donors (Lipinski definition) is 3. The van der Waals surface area contributed by atoms with Gasteiger partial charge in [0.05, 0.1) is 18.4 Å². The average molecular weight is 855 g/mol. The van der Waals surface area contributed by atoms with E-state index in [2.05, 4.69) is 26.0 Å². The van der Waals surface area contributed by atoms with Crippen LogP contribution in [-0.4, -0.2) is 61.8 Å². The van der Waals surface area contributed by atoms with Crippen molar-refractivity contribution >= 4 is 29.5 Å². The summed E-state index contributed by atoms with van der Waals surface area (Å²) >= 11 is 0. The summed E-state index contributed by atoms with van der Waals surface area (Å²) in [5.41, 5.74) is 8.40. The summed E-state index contributed by atoms with van der Waals surface area (Å²) in [7, 11) is 0. The number of carbonyl (C=O) groups is 5. The van der Waals surface area contributed by atoms with E-state index in [1.54, 1.807) is 61.5 Å².